The van der Waals surface area contributed by atoms with Gasteiger partial charge in [0.25, 0.3) is 5.56 Å². The van der Waals surface area contributed by atoms with Gasteiger partial charge in [-0.05, 0) is 17.9 Å². The van der Waals surface area contributed by atoms with E-state index in [1.807, 2.05) is 0 Å². The fourth-order valence-corrected chi connectivity index (χ4v) is 1.35. The zero-order valence-corrected chi connectivity index (χ0v) is 11.2. The number of nitrogen functional groups attached to an aromatic ring is 1. The van der Waals surface area contributed by atoms with Gasteiger partial charge in [-0.1, -0.05) is 20.8 Å². The van der Waals surface area contributed by atoms with E-state index in [1.54, 1.807) is 0 Å². The molecule has 5 heteroatoms. The molecule has 1 heterocycles. The standard InChI is InChI=1S/C13H21N3O2/c1-4-13(2,3)9-15-11(17)8-16-7-10(14)5-6-12(16)18/h5-7H,4,8-9,14H2,1-3H3,(H,15,17). The zero-order valence-electron chi connectivity index (χ0n) is 11.2. The molecule has 0 aliphatic heterocycles. The molecule has 0 saturated carbocycles. The summed E-state index contributed by atoms with van der Waals surface area (Å²) in [6.45, 7) is 6.84. The van der Waals surface area contributed by atoms with Gasteiger partial charge in [-0.2, -0.15) is 0 Å². The Hall–Kier alpha value is -1.78. The van der Waals surface area contributed by atoms with Crippen molar-refractivity contribution in [3.63, 3.8) is 0 Å². The SMILES string of the molecule is CCC(C)(C)CNC(=O)Cn1cc(N)ccc1=O. The molecule has 1 aromatic heterocycles. The third kappa shape index (κ3) is 4.24. The van der Waals surface area contributed by atoms with E-state index in [0.29, 0.717) is 12.2 Å². The van der Waals surface area contributed by atoms with Crippen LogP contribution in [-0.4, -0.2) is 17.0 Å². The topological polar surface area (TPSA) is 77.1 Å². The molecular weight excluding hydrogens is 230 g/mol. The van der Waals surface area contributed by atoms with Crippen molar-refractivity contribution in [3.8, 4) is 0 Å². The number of anilines is 1. The lowest BCUT2D eigenvalue weighted by atomic mass is 9.90. The average molecular weight is 251 g/mol. The molecule has 1 rings (SSSR count). The normalized spacial score (nSPS) is 11.3. The molecule has 0 spiro atoms. The van der Waals surface area contributed by atoms with Gasteiger partial charge in [0.05, 0.1) is 0 Å². The van der Waals surface area contributed by atoms with Gasteiger partial charge in [-0.3, -0.25) is 9.59 Å². The summed E-state index contributed by atoms with van der Waals surface area (Å²) in [7, 11) is 0. The van der Waals surface area contributed by atoms with Crippen molar-refractivity contribution in [2.24, 2.45) is 5.41 Å². The van der Waals surface area contributed by atoms with Gasteiger partial charge in [-0.25, -0.2) is 0 Å². The summed E-state index contributed by atoms with van der Waals surface area (Å²) < 4.78 is 1.31. The van der Waals surface area contributed by atoms with Gasteiger partial charge in [0.15, 0.2) is 0 Å². The quantitative estimate of drug-likeness (QED) is 0.819. The van der Waals surface area contributed by atoms with Crippen molar-refractivity contribution in [2.45, 2.75) is 33.7 Å². The molecule has 0 aliphatic rings. The van der Waals surface area contributed by atoms with E-state index in [4.69, 9.17) is 5.73 Å². The lowest BCUT2D eigenvalue weighted by Crippen LogP contribution is -2.37. The minimum atomic E-state index is -0.228. The molecule has 0 unspecified atom stereocenters. The second-order valence-electron chi connectivity index (χ2n) is 5.22. The second-order valence-corrected chi connectivity index (χ2v) is 5.22. The number of hydrogen-bond donors (Lipinski definition) is 2. The number of carbonyl (C=O) groups excluding carboxylic acids is 1. The second kappa shape index (κ2) is 5.71. The van der Waals surface area contributed by atoms with Crippen molar-refractivity contribution in [1.29, 1.82) is 0 Å². The first-order chi connectivity index (χ1) is 8.34. The molecule has 0 aliphatic carbocycles. The van der Waals surface area contributed by atoms with Gasteiger partial charge < -0.3 is 15.6 Å². The van der Waals surface area contributed by atoms with Gasteiger partial charge in [0.2, 0.25) is 5.91 Å². The molecule has 100 valence electrons. The highest BCUT2D eigenvalue weighted by Gasteiger charge is 2.16. The minimum absolute atomic E-state index is 0.00364. The Labute approximate surface area is 107 Å². The van der Waals surface area contributed by atoms with E-state index in [9.17, 15) is 9.59 Å². The lowest BCUT2D eigenvalue weighted by Gasteiger charge is -2.22. The van der Waals surface area contributed by atoms with Crippen LogP contribution in [0.4, 0.5) is 5.69 Å². The lowest BCUT2D eigenvalue weighted by molar-refractivity contribution is -0.122. The third-order valence-electron chi connectivity index (χ3n) is 3.04. The van der Waals surface area contributed by atoms with Gasteiger partial charge in [0.1, 0.15) is 6.54 Å². The van der Waals surface area contributed by atoms with E-state index in [1.165, 1.54) is 22.9 Å². The molecule has 0 aromatic carbocycles. The van der Waals surface area contributed by atoms with E-state index in [2.05, 4.69) is 26.1 Å². The minimum Gasteiger partial charge on any atom is -0.398 e. The first kappa shape index (κ1) is 14.3. The summed E-state index contributed by atoms with van der Waals surface area (Å²) in [5.41, 5.74) is 5.88. The molecule has 1 amide bonds. The van der Waals surface area contributed by atoms with Crippen LogP contribution in [0.3, 0.4) is 0 Å². The Morgan fingerprint density at radius 3 is 2.72 bits per heavy atom. The number of pyridine rings is 1. The number of carbonyl (C=O) groups is 1. The first-order valence-electron chi connectivity index (χ1n) is 6.07. The Bertz CT molecular complexity index is 477. The van der Waals surface area contributed by atoms with Crippen LogP contribution in [0.15, 0.2) is 23.1 Å². The Balaban J connectivity index is 2.60. The van der Waals surface area contributed by atoms with Crippen LogP contribution in [0.5, 0.6) is 0 Å². The predicted molar refractivity (Wildman–Crippen MR) is 72.2 cm³/mol. The number of hydrogen-bond acceptors (Lipinski definition) is 3. The fraction of sp³-hybridized carbons (Fsp3) is 0.538. The zero-order chi connectivity index (χ0) is 13.8. The number of amides is 1. The van der Waals surface area contributed by atoms with Crippen LogP contribution in [0.25, 0.3) is 0 Å². The van der Waals surface area contributed by atoms with Crippen molar-refractivity contribution in [1.82, 2.24) is 9.88 Å². The Kier molecular flexibility index (Phi) is 4.53. The highest BCUT2D eigenvalue weighted by molar-refractivity contribution is 5.75. The van der Waals surface area contributed by atoms with Gasteiger partial charge in [0, 0.05) is 24.5 Å². The molecular formula is C13H21N3O2. The van der Waals surface area contributed by atoms with Crippen LogP contribution in [0, 0.1) is 5.41 Å². The van der Waals surface area contributed by atoms with E-state index < -0.39 is 0 Å². The fourth-order valence-electron chi connectivity index (χ4n) is 1.35. The van der Waals surface area contributed by atoms with Crippen molar-refractivity contribution >= 4 is 11.6 Å². The van der Waals surface area contributed by atoms with Gasteiger partial charge in [-0.15, -0.1) is 0 Å². The molecule has 0 fully saturated rings. The third-order valence-corrected chi connectivity index (χ3v) is 3.04. The summed E-state index contributed by atoms with van der Waals surface area (Å²) >= 11 is 0. The maximum atomic E-state index is 11.7. The molecule has 0 atom stereocenters. The predicted octanol–water partition coefficient (Wildman–Crippen LogP) is 0.983. The Morgan fingerprint density at radius 1 is 1.44 bits per heavy atom. The maximum Gasteiger partial charge on any atom is 0.251 e. The van der Waals surface area contributed by atoms with E-state index in [0.717, 1.165) is 6.42 Å². The smallest absolute Gasteiger partial charge is 0.251 e. The average Bonchev–Trinajstić information content (AvgIpc) is 2.31. The highest BCUT2D eigenvalue weighted by atomic mass is 16.2. The van der Waals surface area contributed by atoms with Crippen LogP contribution < -0.4 is 16.6 Å². The molecule has 3 N–H and O–H groups in total. The van der Waals surface area contributed by atoms with Crippen LogP contribution >= 0.6 is 0 Å². The van der Waals surface area contributed by atoms with Crippen molar-refractivity contribution < 1.29 is 4.79 Å². The molecule has 0 radical (unpaired) electrons. The molecule has 5 nitrogen and oxygen atoms in total. The van der Waals surface area contributed by atoms with Crippen molar-refractivity contribution in [3.05, 3.63) is 28.7 Å². The van der Waals surface area contributed by atoms with E-state index >= 15 is 0 Å². The van der Waals surface area contributed by atoms with Crippen molar-refractivity contribution in [2.75, 3.05) is 12.3 Å². The molecule has 1 aromatic rings. The number of nitrogens with zero attached hydrogens (tertiary/aromatic N) is 1. The van der Waals surface area contributed by atoms with Crippen LogP contribution in [0.2, 0.25) is 0 Å². The molecule has 0 saturated heterocycles. The summed E-state index contributed by atoms with van der Waals surface area (Å²) in [6.07, 6.45) is 2.46. The van der Waals surface area contributed by atoms with Crippen LogP contribution in [0.1, 0.15) is 27.2 Å². The number of nitrogens with two attached hydrogens (primary N) is 1. The first-order valence-corrected chi connectivity index (χ1v) is 6.07. The molecule has 0 bridgehead atoms. The number of rotatable bonds is 5. The maximum absolute atomic E-state index is 11.7. The van der Waals surface area contributed by atoms with Crippen LogP contribution in [-0.2, 0) is 11.3 Å². The highest BCUT2D eigenvalue weighted by Crippen LogP contribution is 2.17. The number of aromatic nitrogens is 1. The summed E-state index contributed by atoms with van der Waals surface area (Å²) in [5, 5.41) is 2.83. The van der Waals surface area contributed by atoms with E-state index in [-0.39, 0.29) is 23.4 Å². The van der Waals surface area contributed by atoms with Gasteiger partial charge >= 0.3 is 0 Å². The molecule has 18 heavy (non-hydrogen) atoms. The largest absolute Gasteiger partial charge is 0.398 e. The summed E-state index contributed by atoms with van der Waals surface area (Å²) in [6, 6.07) is 2.88. The Morgan fingerprint density at radius 2 is 2.11 bits per heavy atom. The number of nitrogens with one attached hydrogen (secondary N) is 1. The summed E-state index contributed by atoms with van der Waals surface area (Å²) in [5.74, 6) is -0.177. The summed E-state index contributed by atoms with van der Waals surface area (Å²) in [4.78, 5) is 23.2. The monoisotopic (exact) mass is 251 g/mol.